The summed E-state index contributed by atoms with van der Waals surface area (Å²) >= 11 is 9.14. The lowest BCUT2D eigenvalue weighted by atomic mass is 10.1. The second-order valence-electron chi connectivity index (χ2n) is 2.87. The molecule has 0 heterocycles. The summed E-state index contributed by atoms with van der Waals surface area (Å²) in [5.74, 6) is -0.119. The average Bonchev–Trinajstić information content (AvgIpc) is 2.16. The molecule has 0 aliphatic rings. The second kappa shape index (κ2) is 4.71. The summed E-state index contributed by atoms with van der Waals surface area (Å²) in [6.45, 7) is 1.43. The molecule has 0 bridgehead atoms. The highest BCUT2D eigenvalue weighted by Crippen LogP contribution is 2.29. The van der Waals surface area contributed by atoms with E-state index < -0.39 is 5.38 Å². The number of benzene rings is 1. The molecule has 1 aromatic rings. The van der Waals surface area contributed by atoms with Crippen molar-refractivity contribution in [1.29, 1.82) is 0 Å². The molecule has 1 atom stereocenters. The fourth-order valence-electron chi connectivity index (χ4n) is 1.04. The van der Waals surface area contributed by atoms with Crippen molar-refractivity contribution < 1.29 is 9.59 Å². The van der Waals surface area contributed by atoms with Crippen LogP contribution in [0, 0.1) is 0 Å². The van der Waals surface area contributed by atoms with Gasteiger partial charge in [0.1, 0.15) is 11.7 Å². The van der Waals surface area contributed by atoms with E-state index in [1.54, 1.807) is 18.2 Å². The molecule has 1 unspecified atom stereocenters. The Morgan fingerprint density at radius 3 is 2.64 bits per heavy atom. The Hall–Kier alpha value is -0.670. The van der Waals surface area contributed by atoms with Crippen LogP contribution in [-0.4, -0.2) is 12.1 Å². The van der Waals surface area contributed by atoms with Crippen LogP contribution in [0.1, 0.15) is 28.2 Å². The first-order chi connectivity index (χ1) is 6.56. The highest BCUT2D eigenvalue weighted by molar-refractivity contribution is 9.10. The SMILES string of the molecule is CC(=O)C(Cl)c1ccc(C=O)cc1Br. The van der Waals surface area contributed by atoms with Crippen molar-refractivity contribution in [3.8, 4) is 0 Å². The van der Waals surface area contributed by atoms with Crippen LogP contribution in [0.2, 0.25) is 0 Å². The third-order valence-electron chi connectivity index (χ3n) is 1.79. The van der Waals surface area contributed by atoms with E-state index in [4.69, 9.17) is 11.6 Å². The number of carbonyl (C=O) groups excluding carboxylic acids is 2. The van der Waals surface area contributed by atoms with E-state index in [1.807, 2.05) is 0 Å². The van der Waals surface area contributed by atoms with Gasteiger partial charge in [0.25, 0.3) is 0 Å². The van der Waals surface area contributed by atoms with Crippen LogP contribution in [0.5, 0.6) is 0 Å². The topological polar surface area (TPSA) is 34.1 Å². The van der Waals surface area contributed by atoms with Gasteiger partial charge in [-0.15, -0.1) is 11.6 Å². The maximum Gasteiger partial charge on any atom is 0.152 e. The molecular formula is C10H8BrClO2. The first kappa shape index (κ1) is 11.4. The Morgan fingerprint density at radius 1 is 1.57 bits per heavy atom. The van der Waals surface area contributed by atoms with Crippen LogP contribution >= 0.6 is 27.5 Å². The Bertz CT molecular complexity index is 376. The van der Waals surface area contributed by atoms with E-state index >= 15 is 0 Å². The summed E-state index contributed by atoms with van der Waals surface area (Å²) in [5, 5.41) is -0.662. The molecule has 0 saturated carbocycles. The molecule has 0 radical (unpaired) electrons. The lowest BCUT2D eigenvalue weighted by Crippen LogP contribution is -2.02. The normalized spacial score (nSPS) is 12.2. The predicted molar refractivity (Wildman–Crippen MR) is 58.8 cm³/mol. The van der Waals surface area contributed by atoms with Gasteiger partial charge < -0.3 is 0 Å². The van der Waals surface area contributed by atoms with E-state index in [9.17, 15) is 9.59 Å². The van der Waals surface area contributed by atoms with Gasteiger partial charge in [0.2, 0.25) is 0 Å². The van der Waals surface area contributed by atoms with Crippen LogP contribution in [-0.2, 0) is 4.79 Å². The summed E-state index contributed by atoms with van der Waals surface area (Å²) in [6.07, 6.45) is 0.742. The highest BCUT2D eigenvalue weighted by Gasteiger charge is 2.15. The monoisotopic (exact) mass is 274 g/mol. The Balaban J connectivity index is 3.11. The molecule has 0 fully saturated rings. The summed E-state index contributed by atoms with van der Waals surface area (Å²) < 4.78 is 0.678. The zero-order valence-corrected chi connectivity index (χ0v) is 9.80. The van der Waals surface area contributed by atoms with Crippen molar-refractivity contribution in [2.45, 2.75) is 12.3 Å². The Labute approximate surface area is 95.4 Å². The van der Waals surface area contributed by atoms with Crippen molar-refractivity contribution in [1.82, 2.24) is 0 Å². The minimum absolute atomic E-state index is 0.119. The van der Waals surface area contributed by atoms with E-state index in [2.05, 4.69) is 15.9 Å². The van der Waals surface area contributed by atoms with Gasteiger partial charge in [-0.3, -0.25) is 9.59 Å². The number of ketones is 1. The zero-order chi connectivity index (χ0) is 10.7. The molecule has 74 valence electrons. The van der Waals surface area contributed by atoms with E-state index in [0.29, 0.717) is 15.6 Å². The Kier molecular flexibility index (Phi) is 3.84. The minimum Gasteiger partial charge on any atom is -0.298 e. The number of hydrogen-bond donors (Lipinski definition) is 0. The Morgan fingerprint density at radius 2 is 2.21 bits per heavy atom. The van der Waals surface area contributed by atoms with Crippen LogP contribution in [0.25, 0.3) is 0 Å². The summed E-state index contributed by atoms with van der Waals surface area (Å²) in [7, 11) is 0. The van der Waals surface area contributed by atoms with Gasteiger partial charge in [-0.05, 0) is 18.6 Å². The van der Waals surface area contributed by atoms with Gasteiger partial charge in [0, 0.05) is 10.0 Å². The maximum absolute atomic E-state index is 11.0. The molecule has 4 heteroatoms. The van der Waals surface area contributed by atoms with Crippen molar-refractivity contribution in [3.63, 3.8) is 0 Å². The molecular weight excluding hydrogens is 267 g/mol. The molecule has 1 aromatic carbocycles. The standard InChI is InChI=1S/C10H8BrClO2/c1-6(14)10(12)8-3-2-7(5-13)4-9(8)11/h2-5,10H,1H3. The molecule has 1 rings (SSSR count). The largest absolute Gasteiger partial charge is 0.298 e. The highest BCUT2D eigenvalue weighted by atomic mass is 79.9. The number of alkyl halides is 1. The molecule has 0 aromatic heterocycles. The number of halogens is 2. The van der Waals surface area contributed by atoms with Crippen molar-refractivity contribution in [2.75, 3.05) is 0 Å². The second-order valence-corrected chi connectivity index (χ2v) is 4.16. The molecule has 0 aliphatic carbocycles. The molecule has 2 nitrogen and oxygen atoms in total. The van der Waals surface area contributed by atoms with Gasteiger partial charge >= 0.3 is 0 Å². The summed E-state index contributed by atoms with van der Waals surface area (Å²) in [5.41, 5.74) is 1.23. The lowest BCUT2D eigenvalue weighted by molar-refractivity contribution is -0.116. The van der Waals surface area contributed by atoms with Gasteiger partial charge in [-0.25, -0.2) is 0 Å². The number of aldehydes is 1. The van der Waals surface area contributed by atoms with Gasteiger partial charge in [-0.1, -0.05) is 28.1 Å². The number of rotatable bonds is 3. The number of carbonyl (C=O) groups is 2. The van der Waals surface area contributed by atoms with E-state index in [0.717, 1.165) is 6.29 Å². The van der Waals surface area contributed by atoms with Crippen molar-refractivity contribution >= 4 is 39.6 Å². The van der Waals surface area contributed by atoms with Crippen LogP contribution in [0.15, 0.2) is 22.7 Å². The van der Waals surface area contributed by atoms with Gasteiger partial charge in [0.05, 0.1) is 0 Å². The first-order valence-electron chi connectivity index (χ1n) is 3.95. The molecule has 0 N–H and O–H groups in total. The quantitative estimate of drug-likeness (QED) is 0.627. The third-order valence-corrected chi connectivity index (χ3v) is 3.02. The average molecular weight is 276 g/mol. The van der Waals surface area contributed by atoms with E-state index in [1.165, 1.54) is 6.92 Å². The molecule has 0 spiro atoms. The van der Waals surface area contributed by atoms with Crippen LogP contribution in [0.3, 0.4) is 0 Å². The summed E-state index contributed by atoms with van der Waals surface area (Å²) in [6, 6.07) is 4.94. The minimum atomic E-state index is -0.662. The molecule has 0 saturated heterocycles. The number of hydrogen-bond acceptors (Lipinski definition) is 2. The molecule has 14 heavy (non-hydrogen) atoms. The smallest absolute Gasteiger partial charge is 0.152 e. The lowest BCUT2D eigenvalue weighted by Gasteiger charge is -2.08. The van der Waals surface area contributed by atoms with Crippen molar-refractivity contribution in [2.24, 2.45) is 0 Å². The van der Waals surface area contributed by atoms with E-state index in [-0.39, 0.29) is 5.78 Å². The van der Waals surface area contributed by atoms with Gasteiger partial charge in [-0.2, -0.15) is 0 Å². The molecule has 0 amide bonds. The van der Waals surface area contributed by atoms with Crippen LogP contribution in [0.4, 0.5) is 0 Å². The fourth-order valence-corrected chi connectivity index (χ4v) is 1.99. The third kappa shape index (κ3) is 2.42. The molecule has 0 aliphatic heterocycles. The fraction of sp³-hybridized carbons (Fsp3) is 0.200. The zero-order valence-electron chi connectivity index (χ0n) is 7.46. The maximum atomic E-state index is 11.0. The first-order valence-corrected chi connectivity index (χ1v) is 5.18. The van der Waals surface area contributed by atoms with Gasteiger partial charge in [0.15, 0.2) is 5.78 Å². The number of Topliss-reactive ketones (excluding diaryl/α,β-unsaturated/α-hetero) is 1. The van der Waals surface area contributed by atoms with Crippen molar-refractivity contribution in [3.05, 3.63) is 33.8 Å². The van der Waals surface area contributed by atoms with Crippen LogP contribution < -0.4 is 0 Å². The summed E-state index contributed by atoms with van der Waals surface area (Å²) in [4.78, 5) is 21.5. The predicted octanol–water partition coefficient (Wildman–Crippen LogP) is 3.13.